The average Bonchev–Trinajstić information content (AvgIpc) is 3.35. The van der Waals surface area contributed by atoms with Crippen LogP contribution in [0.1, 0.15) is 12.5 Å². The van der Waals surface area contributed by atoms with Gasteiger partial charge in [0.25, 0.3) is 15.9 Å². The summed E-state index contributed by atoms with van der Waals surface area (Å²) in [4.78, 5) is 23.9. The molecule has 0 fully saturated rings. The zero-order valence-electron chi connectivity index (χ0n) is 20.0. The lowest BCUT2D eigenvalue weighted by molar-refractivity contribution is -0.119. The van der Waals surface area contributed by atoms with Crippen LogP contribution >= 0.6 is 0 Å². The molecule has 0 saturated carbocycles. The second kappa shape index (κ2) is 11.0. The molecule has 2 amide bonds. The molecule has 192 valence electrons. The Hall–Kier alpha value is -4.58. The SMILES string of the molecule is COc1ccc(N(CC(=O)N/N=C\c2ccc3c(c2)OCO3)S(=O)(=O)c2ccc(NC(C)=O)cc2)cc1. The monoisotopic (exact) mass is 524 g/mol. The van der Waals surface area contributed by atoms with Crippen LogP contribution in [0.15, 0.2) is 76.7 Å². The second-order valence-corrected chi connectivity index (χ2v) is 9.68. The van der Waals surface area contributed by atoms with E-state index in [1.807, 2.05) is 0 Å². The molecule has 0 spiro atoms. The van der Waals surface area contributed by atoms with Crippen molar-refractivity contribution in [2.75, 3.05) is 30.1 Å². The first-order valence-corrected chi connectivity index (χ1v) is 12.5. The predicted molar refractivity (Wildman–Crippen MR) is 137 cm³/mol. The zero-order valence-corrected chi connectivity index (χ0v) is 20.8. The zero-order chi connectivity index (χ0) is 26.4. The van der Waals surface area contributed by atoms with E-state index in [4.69, 9.17) is 14.2 Å². The molecule has 0 unspecified atom stereocenters. The number of hydrogen-bond acceptors (Lipinski definition) is 8. The lowest BCUT2D eigenvalue weighted by atomic mass is 10.2. The number of ether oxygens (including phenoxy) is 3. The number of anilines is 2. The molecule has 3 aromatic rings. The van der Waals surface area contributed by atoms with Crippen molar-refractivity contribution >= 4 is 39.4 Å². The number of hydrazone groups is 1. The summed E-state index contributed by atoms with van der Waals surface area (Å²) in [7, 11) is -2.67. The summed E-state index contributed by atoms with van der Waals surface area (Å²) < 4.78 is 43.7. The minimum atomic E-state index is -4.16. The summed E-state index contributed by atoms with van der Waals surface area (Å²) in [5.41, 5.74) is 3.71. The molecule has 12 heteroatoms. The fraction of sp³-hybridized carbons (Fsp3) is 0.160. The summed E-state index contributed by atoms with van der Waals surface area (Å²) in [6.07, 6.45) is 1.41. The number of nitrogens with zero attached hydrogens (tertiary/aromatic N) is 2. The average molecular weight is 525 g/mol. The fourth-order valence-corrected chi connectivity index (χ4v) is 4.86. The number of sulfonamides is 1. The minimum Gasteiger partial charge on any atom is -0.497 e. The molecule has 2 N–H and O–H groups in total. The number of methoxy groups -OCH3 is 1. The van der Waals surface area contributed by atoms with Crippen LogP contribution in [0.2, 0.25) is 0 Å². The molecular formula is C25H24N4O7S. The van der Waals surface area contributed by atoms with Crippen molar-refractivity contribution in [2.24, 2.45) is 5.10 Å². The molecule has 0 bridgehead atoms. The third kappa shape index (κ3) is 6.16. The van der Waals surface area contributed by atoms with E-state index in [9.17, 15) is 18.0 Å². The molecule has 1 heterocycles. The summed E-state index contributed by atoms with van der Waals surface area (Å²) in [5.74, 6) is 0.765. The number of benzene rings is 3. The summed E-state index contributed by atoms with van der Waals surface area (Å²) in [6, 6.07) is 17.1. The molecule has 4 rings (SSSR count). The first-order valence-electron chi connectivity index (χ1n) is 11.0. The number of carbonyl (C=O) groups is 2. The molecule has 0 aliphatic carbocycles. The van der Waals surface area contributed by atoms with Crippen LogP contribution in [0.4, 0.5) is 11.4 Å². The topological polar surface area (TPSA) is 136 Å². The quantitative estimate of drug-likeness (QED) is 0.325. The van der Waals surface area contributed by atoms with Gasteiger partial charge in [-0.1, -0.05) is 0 Å². The molecule has 0 aromatic heterocycles. The molecule has 1 aliphatic heterocycles. The van der Waals surface area contributed by atoms with Crippen molar-refractivity contribution in [3.05, 3.63) is 72.3 Å². The van der Waals surface area contributed by atoms with Crippen LogP contribution in [-0.2, 0) is 19.6 Å². The predicted octanol–water partition coefficient (Wildman–Crippen LogP) is 2.73. The summed E-state index contributed by atoms with van der Waals surface area (Å²) >= 11 is 0. The Balaban J connectivity index is 1.54. The fourth-order valence-electron chi connectivity index (χ4n) is 3.44. The Kier molecular flexibility index (Phi) is 7.58. The van der Waals surface area contributed by atoms with E-state index in [2.05, 4.69) is 15.8 Å². The number of carbonyl (C=O) groups excluding carboxylic acids is 2. The van der Waals surface area contributed by atoms with E-state index in [1.165, 1.54) is 56.6 Å². The highest BCUT2D eigenvalue weighted by molar-refractivity contribution is 7.92. The van der Waals surface area contributed by atoms with Crippen LogP contribution in [0.25, 0.3) is 0 Å². The highest BCUT2D eigenvalue weighted by Gasteiger charge is 2.27. The van der Waals surface area contributed by atoms with Crippen molar-refractivity contribution < 1.29 is 32.2 Å². The van der Waals surface area contributed by atoms with E-state index < -0.39 is 22.5 Å². The summed E-state index contributed by atoms with van der Waals surface area (Å²) in [6.45, 7) is 0.947. The number of rotatable bonds is 9. The van der Waals surface area contributed by atoms with Gasteiger partial charge in [0.2, 0.25) is 12.7 Å². The molecular weight excluding hydrogens is 500 g/mol. The largest absolute Gasteiger partial charge is 0.497 e. The molecule has 0 saturated heterocycles. The molecule has 11 nitrogen and oxygen atoms in total. The molecule has 0 atom stereocenters. The van der Waals surface area contributed by atoms with Crippen LogP contribution in [0.3, 0.4) is 0 Å². The minimum absolute atomic E-state index is 0.0610. The van der Waals surface area contributed by atoms with Crippen LogP contribution in [0, 0.1) is 0 Å². The normalized spacial score (nSPS) is 12.3. The van der Waals surface area contributed by atoms with Gasteiger partial charge >= 0.3 is 0 Å². The van der Waals surface area contributed by atoms with Crippen molar-refractivity contribution in [3.63, 3.8) is 0 Å². The van der Waals surface area contributed by atoms with Gasteiger partial charge in [0.05, 0.1) is 23.9 Å². The van der Waals surface area contributed by atoms with Gasteiger partial charge in [-0.2, -0.15) is 5.10 Å². The van der Waals surface area contributed by atoms with Crippen molar-refractivity contribution in [2.45, 2.75) is 11.8 Å². The van der Waals surface area contributed by atoms with Gasteiger partial charge < -0.3 is 19.5 Å². The van der Waals surface area contributed by atoms with E-state index >= 15 is 0 Å². The first kappa shape index (κ1) is 25.5. The molecule has 0 radical (unpaired) electrons. The van der Waals surface area contributed by atoms with Crippen LogP contribution < -0.4 is 29.3 Å². The number of amides is 2. The third-order valence-corrected chi connectivity index (χ3v) is 7.00. The van der Waals surface area contributed by atoms with Crippen molar-refractivity contribution in [1.29, 1.82) is 0 Å². The van der Waals surface area contributed by atoms with Gasteiger partial charge in [-0.3, -0.25) is 13.9 Å². The van der Waals surface area contributed by atoms with Gasteiger partial charge in [-0.05, 0) is 72.3 Å². The first-order chi connectivity index (χ1) is 17.8. The standard InChI is InChI=1S/C25H24N4O7S/c1-17(30)27-19-4-10-22(11-5-19)37(32,33)29(20-6-8-21(34-2)9-7-20)15-25(31)28-26-14-18-3-12-23-24(13-18)36-16-35-23/h3-14H,15-16H2,1-2H3,(H,27,30)(H,28,31)/b26-14-. The number of fused-ring (bicyclic) bond motifs is 1. The number of hydrogen-bond donors (Lipinski definition) is 2. The molecule has 37 heavy (non-hydrogen) atoms. The highest BCUT2D eigenvalue weighted by Crippen LogP contribution is 2.32. The lowest BCUT2D eigenvalue weighted by Crippen LogP contribution is -2.39. The Morgan fingerprint density at radius 2 is 1.73 bits per heavy atom. The highest BCUT2D eigenvalue weighted by atomic mass is 32.2. The summed E-state index contributed by atoms with van der Waals surface area (Å²) in [5, 5.41) is 6.52. The van der Waals surface area contributed by atoms with Crippen LogP contribution in [0.5, 0.6) is 17.2 Å². The maximum Gasteiger partial charge on any atom is 0.264 e. The smallest absolute Gasteiger partial charge is 0.264 e. The van der Waals surface area contributed by atoms with Gasteiger partial charge in [-0.15, -0.1) is 0 Å². The van der Waals surface area contributed by atoms with E-state index in [-0.39, 0.29) is 23.3 Å². The van der Waals surface area contributed by atoms with Gasteiger partial charge in [0.15, 0.2) is 11.5 Å². The third-order valence-electron chi connectivity index (χ3n) is 5.21. The Morgan fingerprint density at radius 1 is 1.03 bits per heavy atom. The lowest BCUT2D eigenvalue weighted by Gasteiger charge is -2.24. The van der Waals surface area contributed by atoms with Gasteiger partial charge in [0.1, 0.15) is 12.3 Å². The van der Waals surface area contributed by atoms with Crippen LogP contribution in [-0.4, -0.2) is 46.9 Å². The van der Waals surface area contributed by atoms with E-state index in [0.717, 1.165) is 4.31 Å². The maximum absolute atomic E-state index is 13.5. The number of nitrogens with one attached hydrogen (secondary N) is 2. The Labute approximate surface area is 213 Å². The van der Waals surface area contributed by atoms with Gasteiger partial charge in [0, 0.05) is 12.6 Å². The van der Waals surface area contributed by atoms with E-state index in [1.54, 1.807) is 30.3 Å². The Bertz CT molecular complexity index is 1420. The van der Waals surface area contributed by atoms with Crippen molar-refractivity contribution in [1.82, 2.24) is 5.43 Å². The second-order valence-electron chi connectivity index (χ2n) is 7.82. The van der Waals surface area contributed by atoms with E-state index in [0.29, 0.717) is 28.5 Å². The molecule has 3 aromatic carbocycles. The Morgan fingerprint density at radius 3 is 2.41 bits per heavy atom. The maximum atomic E-state index is 13.5. The van der Waals surface area contributed by atoms with Crippen molar-refractivity contribution in [3.8, 4) is 17.2 Å². The van der Waals surface area contributed by atoms with Gasteiger partial charge in [-0.25, -0.2) is 13.8 Å². The molecule has 1 aliphatic rings.